The summed E-state index contributed by atoms with van der Waals surface area (Å²) in [4.78, 5) is 23.5. The van der Waals surface area contributed by atoms with Gasteiger partial charge in [-0.05, 0) is 13.3 Å². The highest BCUT2D eigenvalue weighted by molar-refractivity contribution is 7.09. The van der Waals surface area contributed by atoms with Crippen molar-refractivity contribution in [3.05, 3.63) is 34.3 Å². The van der Waals surface area contributed by atoms with E-state index in [0.717, 1.165) is 30.1 Å². The van der Waals surface area contributed by atoms with Crippen LogP contribution in [-0.2, 0) is 20.9 Å². The maximum Gasteiger partial charge on any atom is 0.490 e. The number of ether oxygens (including phenoxy) is 2. The number of carbonyl (C=O) groups is 1. The van der Waals surface area contributed by atoms with Crippen molar-refractivity contribution in [2.45, 2.75) is 44.3 Å². The van der Waals surface area contributed by atoms with Crippen molar-refractivity contribution in [2.75, 3.05) is 24.6 Å². The highest BCUT2D eigenvalue weighted by Gasteiger charge is 2.46. The molecule has 31 heavy (non-hydrogen) atoms. The zero-order valence-electron chi connectivity index (χ0n) is 16.4. The fraction of sp³-hybridized carbons (Fsp3) is 0.556. The molecule has 0 unspecified atom stereocenters. The van der Waals surface area contributed by atoms with Gasteiger partial charge in [-0.2, -0.15) is 13.2 Å². The summed E-state index contributed by atoms with van der Waals surface area (Å²) in [6, 6.07) is 0. The first-order valence-electron chi connectivity index (χ1n) is 9.25. The Bertz CT molecular complexity index is 895. The fourth-order valence-corrected chi connectivity index (χ4v) is 3.95. The van der Waals surface area contributed by atoms with Crippen molar-refractivity contribution >= 4 is 23.3 Å². The Kier molecular flexibility index (Phi) is 7.06. The third kappa shape index (κ3) is 6.31. The number of carboxylic acid groups (broad SMARTS) is 1. The molecule has 0 bridgehead atoms. The van der Waals surface area contributed by atoms with Gasteiger partial charge in [0.15, 0.2) is 5.82 Å². The molecule has 0 aromatic carbocycles. The van der Waals surface area contributed by atoms with Gasteiger partial charge >= 0.3 is 12.1 Å². The molecule has 2 fully saturated rings. The summed E-state index contributed by atoms with van der Waals surface area (Å²) >= 11 is 1.63. The van der Waals surface area contributed by atoms with Crippen molar-refractivity contribution < 1.29 is 36.9 Å². The number of hydrogen-bond acceptors (Lipinski definition) is 8. The molecule has 2 atom stereocenters. The van der Waals surface area contributed by atoms with Gasteiger partial charge in [0.1, 0.15) is 0 Å². The zero-order valence-corrected chi connectivity index (χ0v) is 17.2. The molecule has 0 saturated carbocycles. The molecule has 2 aliphatic rings. The van der Waals surface area contributed by atoms with Gasteiger partial charge in [-0.25, -0.2) is 24.1 Å². The molecule has 0 radical (unpaired) electrons. The lowest BCUT2D eigenvalue weighted by Crippen LogP contribution is -2.33. The molecule has 2 aliphatic heterocycles. The summed E-state index contributed by atoms with van der Waals surface area (Å²) in [6.45, 7) is 4.64. The normalized spacial score (nSPS) is 23.1. The number of alkyl halides is 3. The van der Waals surface area contributed by atoms with Crippen LogP contribution >= 0.6 is 11.3 Å². The van der Waals surface area contributed by atoms with Crippen LogP contribution < -0.4 is 4.90 Å². The van der Waals surface area contributed by atoms with Crippen LogP contribution in [0.4, 0.5) is 23.5 Å². The predicted molar refractivity (Wildman–Crippen MR) is 101 cm³/mol. The summed E-state index contributed by atoms with van der Waals surface area (Å²) in [6.07, 6.45) is -0.840. The van der Waals surface area contributed by atoms with Gasteiger partial charge in [0.05, 0.1) is 54.6 Å². The van der Waals surface area contributed by atoms with E-state index in [2.05, 4.69) is 15.0 Å². The zero-order chi connectivity index (χ0) is 22.6. The third-order valence-electron chi connectivity index (χ3n) is 4.76. The summed E-state index contributed by atoms with van der Waals surface area (Å²) in [7, 11) is 0. The van der Waals surface area contributed by atoms with E-state index in [-0.39, 0.29) is 11.7 Å². The van der Waals surface area contributed by atoms with Crippen molar-refractivity contribution in [3.8, 4) is 0 Å². The standard InChI is InChI=1S/C16H19FN4O2S.C2HF3O2/c1-11-20-13(9-24-11)7-22-14-4-16(23-8-14)2-3-21(10-16)15-18-5-12(17)6-19-15;3-2(4,5)1(6)7/h5-6,9,14H,2-4,7-8,10H2,1H3;(H,6,7)/t14-,16-;/m0./s1. The Morgan fingerprint density at radius 1 is 1.42 bits per heavy atom. The van der Waals surface area contributed by atoms with Crippen molar-refractivity contribution in [3.63, 3.8) is 0 Å². The number of nitrogens with zero attached hydrogens (tertiary/aromatic N) is 4. The fourth-order valence-electron chi connectivity index (χ4n) is 3.36. The smallest absolute Gasteiger partial charge is 0.475 e. The Hall–Kier alpha value is -2.38. The van der Waals surface area contributed by atoms with E-state index in [4.69, 9.17) is 19.4 Å². The van der Waals surface area contributed by atoms with Crippen LogP contribution in [0.3, 0.4) is 0 Å². The minimum atomic E-state index is -5.08. The average molecular weight is 464 g/mol. The second-order valence-electron chi connectivity index (χ2n) is 7.16. The van der Waals surface area contributed by atoms with Crippen LogP contribution in [0.15, 0.2) is 17.8 Å². The number of aliphatic carboxylic acids is 1. The van der Waals surface area contributed by atoms with Crippen LogP contribution in [0.1, 0.15) is 23.5 Å². The van der Waals surface area contributed by atoms with Gasteiger partial charge < -0.3 is 19.5 Å². The quantitative estimate of drug-likeness (QED) is 0.690. The summed E-state index contributed by atoms with van der Waals surface area (Å²) in [5.41, 5.74) is 0.770. The number of aromatic nitrogens is 3. The topological polar surface area (TPSA) is 97.7 Å². The molecule has 4 heterocycles. The van der Waals surface area contributed by atoms with Gasteiger partial charge in [-0.3, -0.25) is 0 Å². The molecule has 1 N–H and O–H groups in total. The molecule has 4 rings (SSSR count). The number of carboxylic acids is 1. The lowest BCUT2D eigenvalue weighted by molar-refractivity contribution is -0.192. The lowest BCUT2D eigenvalue weighted by Gasteiger charge is -2.23. The number of halogens is 4. The first-order valence-corrected chi connectivity index (χ1v) is 10.1. The van der Waals surface area contributed by atoms with Crippen LogP contribution in [0.5, 0.6) is 0 Å². The lowest BCUT2D eigenvalue weighted by atomic mass is 9.98. The SMILES string of the molecule is Cc1nc(CO[C@@H]2CO[C@@]3(CCN(c4ncc(F)cn4)C3)C2)cs1.O=C(O)C(F)(F)F. The van der Waals surface area contributed by atoms with Crippen molar-refractivity contribution in [1.29, 1.82) is 0 Å². The molecule has 0 aliphatic carbocycles. The van der Waals surface area contributed by atoms with Gasteiger partial charge in [0.25, 0.3) is 0 Å². The van der Waals surface area contributed by atoms with E-state index in [1.54, 1.807) is 11.3 Å². The maximum atomic E-state index is 13.0. The second kappa shape index (κ2) is 9.40. The number of aryl methyl sites for hydroxylation is 1. The molecule has 1 spiro atoms. The molecule has 2 aromatic heterocycles. The second-order valence-corrected chi connectivity index (χ2v) is 8.23. The minimum Gasteiger partial charge on any atom is -0.475 e. The van der Waals surface area contributed by atoms with Crippen LogP contribution in [0.25, 0.3) is 0 Å². The minimum absolute atomic E-state index is 0.0843. The van der Waals surface area contributed by atoms with Gasteiger partial charge in [-0.15, -0.1) is 11.3 Å². The largest absolute Gasteiger partial charge is 0.490 e. The molecule has 170 valence electrons. The van der Waals surface area contributed by atoms with Crippen LogP contribution in [-0.4, -0.2) is 63.6 Å². The number of rotatable bonds is 4. The molecular formula is C18H20F4N4O4S. The Morgan fingerprint density at radius 2 is 2.10 bits per heavy atom. The van der Waals surface area contributed by atoms with E-state index in [9.17, 15) is 17.6 Å². The van der Waals surface area contributed by atoms with Gasteiger partial charge in [-0.1, -0.05) is 0 Å². The molecular weight excluding hydrogens is 444 g/mol. The van der Waals surface area contributed by atoms with E-state index in [0.29, 0.717) is 25.7 Å². The van der Waals surface area contributed by atoms with E-state index >= 15 is 0 Å². The highest BCUT2D eigenvalue weighted by Crippen LogP contribution is 2.37. The van der Waals surface area contributed by atoms with Crippen LogP contribution in [0, 0.1) is 12.7 Å². The number of hydrogen-bond donors (Lipinski definition) is 1. The summed E-state index contributed by atoms with van der Waals surface area (Å²) in [5, 5.41) is 10.2. The summed E-state index contributed by atoms with van der Waals surface area (Å²) < 4.78 is 56.7. The first kappa shape index (κ1) is 23.3. The monoisotopic (exact) mass is 464 g/mol. The molecule has 8 nitrogen and oxygen atoms in total. The van der Waals surface area contributed by atoms with E-state index in [1.165, 1.54) is 12.4 Å². The first-order chi connectivity index (χ1) is 14.6. The third-order valence-corrected chi connectivity index (χ3v) is 5.58. The average Bonchev–Trinajstić information content (AvgIpc) is 3.42. The molecule has 2 saturated heterocycles. The number of thiazole rings is 1. The Morgan fingerprint density at radius 3 is 2.68 bits per heavy atom. The molecule has 2 aromatic rings. The van der Waals surface area contributed by atoms with E-state index in [1.807, 2.05) is 17.2 Å². The van der Waals surface area contributed by atoms with Gasteiger partial charge in [0.2, 0.25) is 5.95 Å². The molecule has 0 amide bonds. The van der Waals surface area contributed by atoms with Crippen molar-refractivity contribution in [1.82, 2.24) is 15.0 Å². The maximum absolute atomic E-state index is 13.0. The number of anilines is 1. The molecule has 13 heteroatoms. The summed E-state index contributed by atoms with van der Waals surface area (Å²) in [5.74, 6) is -2.62. The predicted octanol–water partition coefficient (Wildman–Crippen LogP) is 2.97. The van der Waals surface area contributed by atoms with Gasteiger partial charge in [0, 0.05) is 18.3 Å². The Labute approximate surface area is 178 Å². The Balaban J connectivity index is 0.000000339. The highest BCUT2D eigenvalue weighted by atomic mass is 32.1. The van der Waals surface area contributed by atoms with E-state index < -0.39 is 18.0 Å². The van der Waals surface area contributed by atoms with Crippen LogP contribution in [0.2, 0.25) is 0 Å². The van der Waals surface area contributed by atoms with Crippen molar-refractivity contribution in [2.24, 2.45) is 0 Å².